The largest absolute Gasteiger partial charge is 0.457 e. The van der Waals surface area contributed by atoms with Gasteiger partial charge in [-0.3, -0.25) is 4.98 Å². The van der Waals surface area contributed by atoms with E-state index in [1.807, 2.05) is 0 Å². The van der Waals surface area contributed by atoms with Gasteiger partial charge in [-0.25, -0.2) is 13.2 Å². The Labute approximate surface area is 160 Å². The number of benzene rings is 1. The van der Waals surface area contributed by atoms with Gasteiger partial charge in [-0.2, -0.15) is 4.31 Å². The Bertz CT molecular complexity index is 889. The SMILES string of the molecule is C[C@H]1C[C@H](C)CN(S(=O)(=O)c2cccc(C(=O)OCc3cccnc3)c2)C1. The van der Waals surface area contributed by atoms with Crippen LogP contribution in [0.25, 0.3) is 0 Å². The maximum atomic E-state index is 13.0. The lowest BCUT2D eigenvalue weighted by molar-refractivity contribution is 0.0472. The number of carbonyl (C=O) groups is 1. The van der Waals surface area contributed by atoms with E-state index >= 15 is 0 Å². The van der Waals surface area contributed by atoms with Crippen LogP contribution in [0, 0.1) is 11.8 Å². The molecule has 3 rings (SSSR count). The molecule has 2 aromatic rings. The number of sulfonamides is 1. The summed E-state index contributed by atoms with van der Waals surface area (Å²) in [6, 6.07) is 9.62. The lowest BCUT2D eigenvalue weighted by Gasteiger charge is -2.34. The molecule has 1 fully saturated rings. The van der Waals surface area contributed by atoms with E-state index in [0.29, 0.717) is 24.9 Å². The van der Waals surface area contributed by atoms with Crippen LogP contribution in [0.4, 0.5) is 0 Å². The molecular formula is C20H24N2O4S. The van der Waals surface area contributed by atoms with Gasteiger partial charge in [-0.05, 0) is 42.5 Å². The van der Waals surface area contributed by atoms with Gasteiger partial charge in [0, 0.05) is 31.0 Å². The van der Waals surface area contributed by atoms with Gasteiger partial charge in [0.15, 0.2) is 0 Å². The predicted molar refractivity (Wildman–Crippen MR) is 102 cm³/mol. The highest BCUT2D eigenvalue weighted by molar-refractivity contribution is 7.89. The van der Waals surface area contributed by atoms with Gasteiger partial charge >= 0.3 is 5.97 Å². The minimum Gasteiger partial charge on any atom is -0.457 e. The van der Waals surface area contributed by atoms with Crippen LogP contribution in [-0.4, -0.2) is 36.8 Å². The van der Waals surface area contributed by atoms with Crippen molar-refractivity contribution in [1.82, 2.24) is 9.29 Å². The predicted octanol–water partition coefficient (Wildman–Crippen LogP) is 3.11. The zero-order chi connectivity index (χ0) is 19.4. The summed E-state index contributed by atoms with van der Waals surface area (Å²) in [7, 11) is -3.64. The van der Waals surface area contributed by atoms with E-state index in [1.54, 1.807) is 36.7 Å². The van der Waals surface area contributed by atoms with Crippen molar-refractivity contribution in [3.05, 3.63) is 59.9 Å². The summed E-state index contributed by atoms with van der Waals surface area (Å²) in [5, 5.41) is 0. The first kappa shape index (κ1) is 19.5. The molecule has 0 unspecified atom stereocenters. The second kappa shape index (κ2) is 8.19. The number of ether oxygens (including phenoxy) is 1. The Hall–Kier alpha value is -2.25. The summed E-state index contributed by atoms with van der Waals surface area (Å²) in [5.41, 5.74) is 0.990. The Morgan fingerprint density at radius 1 is 1.19 bits per heavy atom. The number of esters is 1. The van der Waals surface area contributed by atoms with Crippen LogP contribution in [0.1, 0.15) is 36.2 Å². The van der Waals surface area contributed by atoms with Crippen LogP contribution < -0.4 is 0 Å². The summed E-state index contributed by atoms with van der Waals surface area (Å²) >= 11 is 0. The fourth-order valence-electron chi connectivity index (χ4n) is 3.45. The first-order chi connectivity index (χ1) is 12.9. The zero-order valence-electron chi connectivity index (χ0n) is 15.5. The number of hydrogen-bond acceptors (Lipinski definition) is 5. The summed E-state index contributed by atoms with van der Waals surface area (Å²) in [4.78, 5) is 16.4. The molecule has 0 amide bonds. The first-order valence-electron chi connectivity index (χ1n) is 9.02. The molecule has 0 saturated carbocycles. The van der Waals surface area contributed by atoms with Crippen molar-refractivity contribution in [2.75, 3.05) is 13.1 Å². The number of carbonyl (C=O) groups excluding carboxylic acids is 1. The van der Waals surface area contributed by atoms with Crippen LogP contribution in [0.15, 0.2) is 53.7 Å². The smallest absolute Gasteiger partial charge is 0.338 e. The van der Waals surface area contributed by atoms with Crippen molar-refractivity contribution in [2.45, 2.75) is 31.8 Å². The molecule has 0 radical (unpaired) electrons. The van der Waals surface area contributed by atoms with E-state index < -0.39 is 16.0 Å². The van der Waals surface area contributed by atoms with Crippen LogP contribution in [-0.2, 0) is 21.4 Å². The number of nitrogens with zero attached hydrogens (tertiary/aromatic N) is 2. The molecule has 144 valence electrons. The van der Waals surface area contributed by atoms with Crippen LogP contribution in [0.2, 0.25) is 0 Å². The van der Waals surface area contributed by atoms with Gasteiger partial charge in [-0.1, -0.05) is 26.0 Å². The van der Waals surface area contributed by atoms with Crippen molar-refractivity contribution in [3.8, 4) is 0 Å². The Morgan fingerprint density at radius 3 is 2.59 bits per heavy atom. The third-order valence-electron chi connectivity index (χ3n) is 4.64. The molecule has 2 heterocycles. The van der Waals surface area contributed by atoms with Crippen LogP contribution in [0.3, 0.4) is 0 Å². The average Bonchev–Trinajstić information content (AvgIpc) is 2.66. The second-order valence-corrected chi connectivity index (χ2v) is 9.17. The molecule has 1 aliphatic rings. The molecule has 6 nitrogen and oxygen atoms in total. The van der Waals surface area contributed by atoms with E-state index in [0.717, 1.165) is 12.0 Å². The van der Waals surface area contributed by atoms with Gasteiger partial charge in [0.1, 0.15) is 6.61 Å². The molecule has 1 aromatic carbocycles. The molecule has 0 N–H and O–H groups in total. The molecule has 0 aliphatic carbocycles. The maximum Gasteiger partial charge on any atom is 0.338 e. The van der Waals surface area contributed by atoms with Gasteiger partial charge in [0.2, 0.25) is 10.0 Å². The zero-order valence-corrected chi connectivity index (χ0v) is 16.4. The van der Waals surface area contributed by atoms with Crippen molar-refractivity contribution in [3.63, 3.8) is 0 Å². The molecule has 2 atom stereocenters. The first-order valence-corrected chi connectivity index (χ1v) is 10.5. The quantitative estimate of drug-likeness (QED) is 0.736. The Kier molecular flexibility index (Phi) is 5.92. The summed E-state index contributed by atoms with van der Waals surface area (Å²) in [5.74, 6) is 0.0728. The van der Waals surface area contributed by atoms with Gasteiger partial charge in [0.05, 0.1) is 10.5 Å². The van der Waals surface area contributed by atoms with Crippen LogP contribution in [0.5, 0.6) is 0 Å². The summed E-state index contributed by atoms with van der Waals surface area (Å²) in [6.07, 6.45) is 4.28. The minimum absolute atomic E-state index is 0.0881. The molecule has 0 bridgehead atoms. The molecule has 1 aliphatic heterocycles. The number of aromatic nitrogens is 1. The van der Waals surface area contributed by atoms with E-state index in [4.69, 9.17) is 4.74 Å². The Balaban J connectivity index is 1.75. The van der Waals surface area contributed by atoms with Crippen LogP contribution >= 0.6 is 0 Å². The van der Waals surface area contributed by atoms with Crippen molar-refractivity contribution >= 4 is 16.0 Å². The fraction of sp³-hybridized carbons (Fsp3) is 0.400. The second-order valence-electron chi connectivity index (χ2n) is 7.23. The number of hydrogen-bond donors (Lipinski definition) is 0. The average molecular weight is 388 g/mol. The maximum absolute atomic E-state index is 13.0. The molecule has 1 aromatic heterocycles. The number of rotatable bonds is 5. The fourth-order valence-corrected chi connectivity index (χ4v) is 5.18. The van der Waals surface area contributed by atoms with Gasteiger partial charge < -0.3 is 4.74 Å². The summed E-state index contributed by atoms with van der Waals surface area (Å²) in [6.45, 7) is 5.21. The topological polar surface area (TPSA) is 76.6 Å². The summed E-state index contributed by atoms with van der Waals surface area (Å²) < 4.78 is 32.8. The number of pyridine rings is 1. The number of piperidine rings is 1. The lowest BCUT2D eigenvalue weighted by Crippen LogP contribution is -2.42. The Morgan fingerprint density at radius 2 is 1.93 bits per heavy atom. The highest BCUT2D eigenvalue weighted by Crippen LogP contribution is 2.27. The molecule has 0 spiro atoms. The molecular weight excluding hydrogens is 364 g/mol. The molecule has 27 heavy (non-hydrogen) atoms. The minimum atomic E-state index is -3.64. The van der Waals surface area contributed by atoms with E-state index in [-0.39, 0.29) is 17.1 Å². The van der Waals surface area contributed by atoms with E-state index in [9.17, 15) is 13.2 Å². The monoisotopic (exact) mass is 388 g/mol. The standard InChI is InChI=1S/C20H24N2O4S/c1-15-9-16(2)13-22(12-15)27(24,25)19-7-3-6-18(10-19)20(23)26-14-17-5-4-8-21-11-17/h3-8,10-11,15-16H,9,12-14H2,1-2H3/t15-,16-/m0/s1. The van der Waals surface area contributed by atoms with E-state index in [2.05, 4.69) is 18.8 Å². The van der Waals surface area contributed by atoms with Gasteiger partial charge in [0.25, 0.3) is 0 Å². The third-order valence-corrected chi connectivity index (χ3v) is 6.46. The highest BCUT2D eigenvalue weighted by atomic mass is 32.2. The highest BCUT2D eigenvalue weighted by Gasteiger charge is 2.32. The van der Waals surface area contributed by atoms with Crippen molar-refractivity contribution in [2.24, 2.45) is 11.8 Å². The van der Waals surface area contributed by atoms with Gasteiger partial charge in [-0.15, -0.1) is 0 Å². The van der Waals surface area contributed by atoms with Crippen molar-refractivity contribution < 1.29 is 17.9 Å². The third kappa shape index (κ3) is 4.73. The molecule has 1 saturated heterocycles. The molecule has 7 heteroatoms. The van der Waals surface area contributed by atoms with Crippen molar-refractivity contribution in [1.29, 1.82) is 0 Å². The normalized spacial score (nSPS) is 21.0. The van der Waals surface area contributed by atoms with E-state index in [1.165, 1.54) is 16.4 Å². The lowest BCUT2D eigenvalue weighted by atomic mass is 9.94.